The molecule has 1 unspecified atom stereocenters. The predicted molar refractivity (Wildman–Crippen MR) is 69.2 cm³/mol. The van der Waals surface area contributed by atoms with Gasteiger partial charge in [-0.2, -0.15) is 0 Å². The fourth-order valence-corrected chi connectivity index (χ4v) is 2.33. The van der Waals surface area contributed by atoms with E-state index in [1.807, 2.05) is 13.0 Å². The molecule has 0 spiro atoms. The van der Waals surface area contributed by atoms with Gasteiger partial charge in [0.25, 0.3) is 0 Å². The second-order valence-corrected chi connectivity index (χ2v) is 4.63. The molecule has 0 amide bonds. The summed E-state index contributed by atoms with van der Waals surface area (Å²) in [7, 11) is 0. The van der Waals surface area contributed by atoms with Crippen molar-refractivity contribution >= 4 is 5.97 Å². The smallest absolute Gasteiger partial charge is 0.331 e. The van der Waals surface area contributed by atoms with Gasteiger partial charge in [-0.15, -0.1) is 0 Å². The molecule has 4 nitrogen and oxygen atoms in total. The highest BCUT2D eigenvalue weighted by Crippen LogP contribution is 2.09. The third kappa shape index (κ3) is 4.13. The van der Waals surface area contributed by atoms with Gasteiger partial charge in [-0.05, 0) is 19.9 Å². The number of piperazine rings is 1. The third-order valence-electron chi connectivity index (χ3n) is 3.51. The molecule has 98 valence electrons. The van der Waals surface area contributed by atoms with Gasteiger partial charge in [0.1, 0.15) is 0 Å². The van der Waals surface area contributed by atoms with Crippen molar-refractivity contribution in [3.8, 4) is 0 Å². The number of nitrogens with zero attached hydrogens (tertiary/aromatic N) is 2. The van der Waals surface area contributed by atoms with Crippen molar-refractivity contribution in [2.24, 2.45) is 0 Å². The number of rotatable bonds is 5. The molecule has 0 bridgehead atoms. The molecule has 0 radical (unpaired) electrons. The topological polar surface area (TPSA) is 43.8 Å². The van der Waals surface area contributed by atoms with Gasteiger partial charge in [0.15, 0.2) is 0 Å². The summed E-state index contributed by atoms with van der Waals surface area (Å²) >= 11 is 0. The van der Waals surface area contributed by atoms with E-state index in [1.54, 1.807) is 0 Å². The van der Waals surface area contributed by atoms with Gasteiger partial charge >= 0.3 is 5.97 Å². The third-order valence-corrected chi connectivity index (χ3v) is 3.51. The van der Waals surface area contributed by atoms with E-state index in [4.69, 9.17) is 5.11 Å². The molecule has 0 aromatic heterocycles. The van der Waals surface area contributed by atoms with Crippen LogP contribution in [-0.4, -0.2) is 59.6 Å². The summed E-state index contributed by atoms with van der Waals surface area (Å²) in [6.45, 7) is 11.3. The molecule has 4 heteroatoms. The van der Waals surface area contributed by atoms with Crippen molar-refractivity contribution in [1.82, 2.24) is 9.80 Å². The summed E-state index contributed by atoms with van der Waals surface area (Å²) < 4.78 is 0. The largest absolute Gasteiger partial charge is 0.478 e. The minimum atomic E-state index is -0.784. The molecule has 1 aliphatic heterocycles. The Labute approximate surface area is 104 Å². The maximum Gasteiger partial charge on any atom is 0.331 e. The average Bonchev–Trinajstić information content (AvgIpc) is 2.29. The number of hydrogen-bond acceptors (Lipinski definition) is 3. The molecule has 17 heavy (non-hydrogen) atoms. The number of likely N-dealkylation sites (N-methyl/N-ethyl adjacent to an activating group) is 1. The van der Waals surface area contributed by atoms with E-state index in [1.165, 1.54) is 0 Å². The first kappa shape index (κ1) is 14.2. The molecular weight excluding hydrogens is 216 g/mol. The van der Waals surface area contributed by atoms with Gasteiger partial charge in [-0.3, -0.25) is 9.80 Å². The Kier molecular flexibility index (Phi) is 5.65. The van der Waals surface area contributed by atoms with Gasteiger partial charge in [0, 0.05) is 37.8 Å². The lowest BCUT2D eigenvalue weighted by Gasteiger charge is -2.39. The highest BCUT2D eigenvalue weighted by atomic mass is 16.4. The van der Waals surface area contributed by atoms with Crippen LogP contribution in [0.2, 0.25) is 0 Å². The first-order valence-electron chi connectivity index (χ1n) is 6.47. The Hall–Kier alpha value is -0.870. The van der Waals surface area contributed by atoms with Crippen LogP contribution in [0.15, 0.2) is 11.6 Å². The summed E-state index contributed by atoms with van der Waals surface area (Å²) in [5.74, 6) is -0.784. The van der Waals surface area contributed by atoms with Gasteiger partial charge in [-0.25, -0.2) is 4.79 Å². The Morgan fingerprint density at radius 1 is 1.41 bits per heavy atom. The van der Waals surface area contributed by atoms with Crippen molar-refractivity contribution in [3.05, 3.63) is 11.6 Å². The number of carboxylic acids is 1. The van der Waals surface area contributed by atoms with Crippen molar-refractivity contribution in [2.45, 2.75) is 33.2 Å². The summed E-state index contributed by atoms with van der Waals surface area (Å²) in [5, 5.41) is 8.94. The maximum atomic E-state index is 10.9. The lowest BCUT2D eigenvalue weighted by atomic mass is 10.1. The van der Waals surface area contributed by atoms with Crippen LogP contribution in [0, 0.1) is 0 Å². The molecule has 1 aliphatic rings. The van der Waals surface area contributed by atoms with Crippen LogP contribution >= 0.6 is 0 Å². The highest BCUT2D eigenvalue weighted by Gasteiger charge is 2.21. The molecule has 0 aromatic carbocycles. The summed E-state index contributed by atoms with van der Waals surface area (Å²) in [5.41, 5.74) is 0.524. The zero-order valence-corrected chi connectivity index (χ0v) is 11.1. The minimum absolute atomic E-state index is 0.524. The summed E-state index contributed by atoms with van der Waals surface area (Å²) in [6, 6.07) is 0.567. The Balaban J connectivity index is 2.46. The van der Waals surface area contributed by atoms with Crippen LogP contribution in [0.5, 0.6) is 0 Å². The highest BCUT2D eigenvalue weighted by molar-refractivity contribution is 5.86. The van der Waals surface area contributed by atoms with Crippen molar-refractivity contribution in [1.29, 1.82) is 0 Å². The molecule has 1 fully saturated rings. The Morgan fingerprint density at radius 3 is 2.59 bits per heavy atom. The van der Waals surface area contributed by atoms with E-state index >= 15 is 0 Å². The minimum Gasteiger partial charge on any atom is -0.478 e. The van der Waals surface area contributed by atoms with E-state index in [9.17, 15) is 4.79 Å². The van der Waals surface area contributed by atoms with Crippen molar-refractivity contribution in [3.63, 3.8) is 0 Å². The zero-order valence-electron chi connectivity index (χ0n) is 11.1. The quantitative estimate of drug-likeness (QED) is 0.738. The van der Waals surface area contributed by atoms with E-state index in [2.05, 4.69) is 23.6 Å². The Bertz CT molecular complexity index is 289. The SMILES string of the molecule is CCC(=CCN1CCN(CC)C(C)C1)C(=O)O. The fraction of sp³-hybridized carbons (Fsp3) is 0.769. The van der Waals surface area contributed by atoms with Crippen LogP contribution in [0.3, 0.4) is 0 Å². The molecule has 1 heterocycles. The molecule has 1 saturated heterocycles. The van der Waals surface area contributed by atoms with Gasteiger partial charge in [-0.1, -0.05) is 19.9 Å². The first-order valence-corrected chi connectivity index (χ1v) is 6.47. The standard InChI is InChI=1S/C13H24N2O2/c1-4-12(13(16)17)6-7-14-8-9-15(5-2)11(3)10-14/h6,11H,4-5,7-10H2,1-3H3,(H,16,17). The monoisotopic (exact) mass is 240 g/mol. The normalized spacial score (nSPS) is 23.9. The predicted octanol–water partition coefficient (Wildman–Crippen LogP) is 1.43. The molecule has 0 aliphatic carbocycles. The number of hydrogen-bond donors (Lipinski definition) is 1. The lowest BCUT2D eigenvalue weighted by molar-refractivity contribution is -0.132. The fourth-order valence-electron chi connectivity index (χ4n) is 2.33. The van der Waals surface area contributed by atoms with Crippen LogP contribution in [-0.2, 0) is 4.79 Å². The van der Waals surface area contributed by atoms with Crippen molar-refractivity contribution in [2.75, 3.05) is 32.7 Å². The van der Waals surface area contributed by atoms with Gasteiger partial charge in [0.2, 0.25) is 0 Å². The van der Waals surface area contributed by atoms with E-state index in [0.29, 0.717) is 18.0 Å². The van der Waals surface area contributed by atoms with Gasteiger partial charge in [0.05, 0.1) is 0 Å². The maximum absolute atomic E-state index is 10.9. The van der Waals surface area contributed by atoms with Crippen LogP contribution < -0.4 is 0 Å². The van der Waals surface area contributed by atoms with E-state index in [-0.39, 0.29) is 0 Å². The molecule has 1 rings (SSSR count). The number of aliphatic carboxylic acids is 1. The van der Waals surface area contributed by atoms with Gasteiger partial charge < -0.3 is 5.11 Å². The number of carbonyl (C=O) groups is 1. The zero-order chi connectivity index (χ0) is 12.8. The molecule has 0 aromatic rings. The lowest BCUT2D eigenvalue weighted by Crippen LogP contribution is -2.51. The Morgan fingerprint density at radius 2 is 2.12 bits per heavy atom. The van der Waals surface area contributed by atoms with Crippen LogP contribution in [0.1, 0.15) is 27.2 Å². The average molecular weight is 240 g/mol. The molecular formula is C13H24N2O2. The molecule has 1 atom stereocenters. The second-order valence-electron chi connectivity index (χ2n) is 4.63. The molecule has 1 N–H and O–H groups in total. The summed E-state index contributed by atoms with van der Waals surface area (Å²) in [4.78, 5) is 15.7. The van der Waals surface area contributed by atoms with Crippen molar-refractivity contribution < 1.29 is 9.90 Å². The van der Waals surface area contributed by atoms with E-state index in [0.717, 1.165) is 32.7 Å². The molecule has 0 saturated carbocycles. The van der Waals surface area contributed by atoms with Crippen LogP contribution in [0.25, 0.3) is 0 Å². The van der Waals surface area contributed by atoms with Crippen LogP contribution in [0.4, 0.5) is 0 Å². The number of carboxylic acid groups (broad SMARTS) is 1. The van der Waals surface area contributed by atoms with E-state index < -0.39 is 5.97 Å². The summed E-state index contributed by atoms with van der Waals surface area (Å²) in [6.07, 6.45) is 2.45. The second kappa shape index (κ2) is 6.77. The first-order chi connectivity index (χ1) is 8.08.